The smallest absolute Gasteiger partial charge is 0.317 e. The van der Waals surface area contributed by atoms with Gasteiger partial charge >= 0.3 is 12.0 Å². The summed E-state index contributed by atoms with van der Waals surface area (Å²) in [6, 6.07) is -0.113. The molecule has 0 spiro atoms. The van der Waals surface area contributed by atoms with Crippen LogP contribution in [0.25, 0.3) is 0 Å². The SMILES string of the molecule is CC1(C)CN(C(=O)NCC2(CC(=O)O)CCC2)CCO1. The largest absolute Gasteiger partial charge is 0.481 e. The van der Waals surface area contributed by atoms with Crippen LogP contribution in [0.15, 0.2) is 0 Å². The Morgan fingerprint density at radius 3 is 2.55 bits per heavy atom. The lowest BCUT2D eigenvalue weighted by Crippen LogP contribution is -2.55. The van der Waals surface area contributed by atoms with Crippen molar-refractivity contribution in [2.24, 2.45) is 5.41 Å². The molecule has 0 unspecified atom stereocenters. The van der Waals surface area contributed by atoms with Crippen molar-refractivity contribution < 1.29 is 19.4 Å². The number of aliphatic carboxylic acids is 1. The zero-order chi connectivity index (χ0) is 14.8. The van der Waals surface area contributed by atoms with E-state index < -0.39 is 5.97 Å². The molecule has 1 heterocycles. The van der Waals surface area contributed by atoms with E-state index in [1.807, 2.05) is 13.8 Å². The molecule has 0 aromatic rings. The van der Waals surface area contributed by atoms with Gasteiger partial charge in [0, 0.05) is 13.1 Å². The molecule has 0 aromatic carbocycles. The third kappa shape index (κ3) is 3.62. The molecular formula is C14H24N2O4. The Kier molecular flexibility index (Phi) is 4.22. The molecule has 20 heavy (non-hydrogen) atoms. The van der Waals surface area contributed by atoms with Crippen LogP contribution in [0.2, 0.25) is 0 Å². The summed E-state index contributed by atoms with van der Waals surface area (Å²) in [7, 11) is 0. The number of amides is 2. The third-order valence-electron chi connectivity index (χ3n) is 4.27. The predicted molar refractivity (Wildman–Crippen MR) is 73.5 cm³/mol. The molecule has 6 nitrogen and oxygen atoms in total. The Bertz CT molecular complexity index is 391. The van der Waals surface area contributed by atoms with E-state index in [2.05, 4.69) is 5.32 Å². The minimum absolute atomic E-state index is 0.113. The number of morpholine rings is 1. The molecule has 0 atom stereocenters. The molecule has 2 fully saturated rings. The second-order valence-corrected chi connectivity index (χ2v) is 6.61. The first kappa shape index (κ1) is 15.1. The van der Waals surface area contributed by atoms with Crippen molar-refractivity contribution in [1.29, 1.82) is 0 Å². The van der Waals surface area contributed by atoms with E-state index in [0.29, 0.717) is 26.2 Å². The van der Waals surface area contributed by atoms with Crippen LogP contribution in [0.1, 0.15) is 39.5 Å². The van der Waals surface area contributed by atoms with Crippen LogP contribution < -0.4 is 5.32 Å². The molecule has 1 aliphatic heterocycles. The normalized spacial score (nSPS) is 23.8. The fourth-order valence-electron chi connectivity index (χ4n) is 2.98. The Hall–Kier alpha value is -1.30. The number of carbonyl (C=O) groups excluding carboxylic acids is 1. The number of carboxylic acid groups (broad SMARTS) is 1. The van der Waals surface area contributed by atoms with Crippen molar-refractivity contribution in [3.05, 3.63) is 0 Å². The average molecular weight is 284 g/mol. The van der Waals surface area contributed by atoms with Gasteiger partial charge < -0.3 is 20.1 Å². The summed E-state index contributed by atoms with van der Waals surface area (Å²) in [5.74, 6) is -0.786. The van der Waals surface area contributed by atoms with Gasteiger partial charge in [0.05, 0.1) is 25.2 Å². The molecule has 2 aliphatic rings. The second-order valence-electron chi connectivity index (χ2n) is 6.61. The molecule has 2 rings (SSSR count). The number of hydrogen-bond donors (Lipinski definition) is 2. The molecule has 2 amide bonds. The van der Waals surface area contributed by atoms with E-state index >= 15 is 0 Å². The molecule has 1 aliphatic carbocycles. The number of rotatable bonds is 4. The van der Waals surface area contributed by atoms with Gasteiger partial charge in [0.2, 0.25) is 0 Å². The van der Waals surface area contributed by atoms with Gasteiger partial charge in [-0.2, -0.15) is 0 Å². The summed E-state index contributed by atoms with van der Waals surface area (Å²) in [4.78, 5) is 24.8. The lowest BCUT2D eigenvalue weighted by Gasteiger charge is -2.42. The molecule has 1 saturated carbocycles. The Morgan fingerprint density at radius 2 is 2.05 bits per heavy atom. The summed E-state index contributed by atoms with van der Waals surface area (Å²) in [6.45, 7) is 6.07. The highest BCUT2D eigenvalue weighted by Crippen LogP contribution is 2.43. The minimum Gasteiger partial charge on any atom is -0.481 e. The van der Waals surface area contributed by atoms with Crippen LogP contribution in [0.3, 0.4) is 0 Å². The van der Waals surface area contributed by atoms with E-state index in [9.17, 15) is 9.59 Å². The summed E-state index contributed by atoms with van der Waals surface area (Å²) >= 11 is 0. The van der Waals surface area contributed by atoms with Gasteiger partial charge in [0.15, 0.2) is 0 Å². The van der Waals surface area contributed by atoms with Gasteiger partial charge in [-0.3, -0.25) is 4.79 Å². The quantitative estimate of drug-likeness (QED) is 0.819. The van der Waals surface area contributed by atoms with Gasteiger partial charge in [-0.1, -0.05) is 6.42 Å². The van der Waals surface area contributed by atoms with Crippen molar-refractivity contribution in [2.45, 2.75) is 45.1 Å². The number of carbonyl (C=O) groups is 2. The molecule has 114 valence electrons. The van der Waals surface area contributed by atoms with Crippen LogP contribution >= 0.6 is 0 Å². The standard InChI is InChI=1S/C14H24N2O4/c1-13(2)10-16(6-7-20-13)12(19)15-9-14(4-3-5-14)8-11(17)18/h3-10H2,1-2H3,(H,15,19)(H,17,18). The van der Waals surface area contributed by atoms with Crippen LogP contribution in [-0.4, -0.2) is 53.8 Å². The maximum absolute atomic E-state index is 12.2. The van der Waals surface area contributed by atoms with Gasteiger partial charge in [-0.15, -0.1) is 0 Å². The van der Waals surface area contributed by atoms with Crippen molar-refractivity contribution in [1.82, 2.24) is 10.2 Å². The Labute approximate surface area is 119 Å². The van der Waals surface area contributed by atoms with E-state index in [0.717, 1.165) is 19.3 Å². The van der Waals surface area contributed by atoms with E-state index in [4.69, 9.17) is 9.84 Å². The first-order valence-corrected chi connectivity index (χ1v) is 7.21. The van der Waals surface area contributed by atoms with Gasteiger partial charge in [0.1, 0.15) is 0 Å². The lowest BCUT2D eigenvalue weighted by molar-refractivity contribution is -0.141. The maximum Gasteiger partial charge on any atom is 0.317 e. The third-order valence-corrected chi connectivity index (χ3v) is 4.27. The molecule has 1 saturated heterocycles. The highest BCUT2D eigenvalue weighted by atomic mass is 16.5. The van der Waals surface area contributed by atoms with Gasteiger partial charge in [-0.05, 0) is 32.1 Å². The predicted octanol–water partition coefficient (Wildman–Crippen LogP) is 1.45. The summed E-state index contributed by atoms with van der Waals surface area (Å²) < 4.78 is 5.58. The molecule has 2 N–H and O–H groups in total. The van der Waals surface area contributed by atoms with Crippen molar-refractivity contribution in [3.8, 4) is 0 Å². The van der Waals surface area contributed by atoms with E-state index in [1.165, 1.54) is 0 Å². The highest BCUT2D eigenvalue weighted by molar-refractivity contribution is 5.74. The zero-order valence-electron chi connectivity index (χ0n) is 12.3. The number of ether oxygens (including phenoxy) is 1. The van der Waals surface area contributed by atoms with Gasteiger partial charge in [0.25, 0.3) is 0 Å². The topological polar surface area (TPSA) is 78.9 Å². The first-order valence-electron chi connectivity index (χ1n) is 7.21. The molecular weight excluding hydrogens is 260 g/mol. The maximum atomic E-state index is 12.2. The fourth-order valence-corrected chi connectivity index (χ4v) is 2.98. The Morgan fingerprint density at radius 1 is 1.35 bits per heavy atom. The summed E-state index contributed by atoms with van der Waals surface area (Å²) in [6.07, 6.45) is 2.96. The van der Waals surface area contributed by atoms with Crippen LogP contribution in [0.5, 0.6) is 0 Å². The number of carboxylic acids is 1. The van der Waals surface area contributed by atoms with Crippen molar-refractivity contribution in [2.75, 3.05) is 26.2 Å². The summed E-state index contributed by atoms with van der Waals surface area (Å²) in [5, 5.41) is 11.9. The van der Waals surface area contributed by atoms with Crippen molar-refractivity contribution in [3.63, 3.8) is 0 Å². The average Bonchev–Trinajstić information content (AvgIpc) is 2.30. The number of nitrogens with zero attached hydrogens (tertiary/aromatic N) is 1. The van der Waals surface area contributed by atoms with Crippen LogP contribution in [-0.2, 0) is 9.53 Å². The first-order chi connectivity index (χ1) is 9.32. The molecule has 6 heteroatoms. The highest BCUT2D eigenvalue weighted by Gasteiger charge is 2.40. The monoisotopic (exact) mass is 284 g/mol. The molecule has 0 radical (unpaired) electrons. The molecule has 0 aromatic heterocycles. The lowest BCUT2D eigenvalue weighted by atomic mass is 9.66. The fraction of sp³-hybridized carbons (Fsp3) is 0.857. The Balaban J connectivity index is 1.84. The number of urea groups is 1. The second kappa shape index (κ2) is 5.60. The zero-order valence-corrected chi connectivity index (χ0v) is 12.3. The number of nitrogens with one attached hydrogen (secondary N) is 1. The minimum atomic E-state index is -0.786. The van der Waals surface area contributed by atoms with Crippen LogP contribution in [0, 0.1) is 5.41 Å². The summed E-state index contributed by atoms with van der Waals surface area (Å²) in [5.41, 5.74) is -0.548. The number of hydrogen-bond acceptors (Lipinski definition) is 3. The molecule has 0 bridgehead atoms. The van der Waals surface area contributed by atoms with E-state index in [-0.39, 0.29) is 23.5 Å². The van der Waals surface area contributed by atoms with Gasteiger partial charge in [-0.25, -0.2) is 4.79 Å². The van der Waals surface area contributed by atoms with E-state index in [1.54, 1.807) is 4.90 Å². The van der Waals surface area contributed by atoms with Crippen LogP contribution in [0.4, 0.5) is 4.79 Å². The van der Waals surface area contributed by atoms with Crippen molar-refractivity contribution >= 4 is 12.0 Å².